The van der Waals surface area contributed by atoms with Gasteiger partial charge in [-0.2, -0.15) is 20.5 Å². The summed E-state index contributed by atoms with van der Waals surface area (Å²) in [6, 6.07) is 19.9. The van der Waals surface area contributed by atoms with Gasteiger partial charge in [-0.25, -0.2) is 16.8 Å². The Morgan fingerprint density at radius 1 is 0.500 bits per heavy atom. The summed E-state index contributed by atoms with van der Waals surface area (Å²) in [5, 5.41) is 15.9. The van der Waals surface area contributed by atoms with Crippen LogP contribution in [0.25, 0.3) is 11.1 Å². The maximum atomic E-state index is 12.1. The van der Waals surface area contributed by atoms with Crippen molar-refractivity contribution in [3.63, 3.8) is 0 Å². The van der Waals surface area contributed by atoms with Crippen LogP contribution < -0.4 is 68.6 Å². The fourth-order valence-electron chi connectivity index (χ4n) is 3.53. The number of benzene rings is 4. The molecule has 0 spiro atoms. The smallest absolute Gasteiger partial charge is 0.744 e. The zero-order valence-electron chi connectivity index (χ0n) is 23.0. The fraction of sp³-hybridized carbons (Fsp3) is 0.0769. The van der Waals surface area contributed by atoms with Crippen LogP contribution in [0.4, 0.5) is 22.7 Å². The second-order valence-corrected chi connectivity index (χ2v) is 10.8. The van der Waals surface area contributed by atoms with E-state index in [-0.39, 0.29) is 81.6 Å². The molecular weight excluding hydrogens is 606 g/mol. The van der Waals surface area contributed by atoms with E-state index in [2.05, 4.69) is 20.5 Å². The molecule has 0 atom stereocenters. The monoisotopic (exact) mass is 626 g/mol. The van der Waals surface area contributed by atoms with Gasteiger partial charge in [-0.15, -0.1) is 0 Å². The third kappa shape index (κ3) is 9.25. The first-order chi connectivity index (χ1) is 19.0. The van der Waals surface area contributed by atoms with Crippen LogP contribution in [-0.4, -0.2) is 40.2 Å². The van der Waals surface area contributed by atoms with E-state index < -0.39 is 30.0 Å². The molecule has 4 rings (SSSR count). The molecule has 0 aliphatic heterocycles. The van der Waals surface area contributed by atoms with E-state index in [9.17, 15) is 25.9 Å². The Balaban J connectivity index is 0.00000308. The molecule has 0 fully saturated rings. The molecule has 0 heterocycles. The van der Waals surface area contributed by atoms with Crippen LogP contribution in [0.15, 0.2) is 115 Å². The average Bonchev–Trinajstić information content (AvgIpc) is 2.94. The molecule has 4 aromatic rings. The molecule has 0 radical (unpaired) electrons. The van der Waals surface area contributed by atoms with E-state index in [0.717, 1.165) is 12.1 Å². The van der Waals surface area contributed by atoms with Crippen LogP contribution in [0.2, 0.25) is 0 Å². The molecule has 0 N–H and O–H groups in total. The van der Waals surface area contributed by atoms with E-state index in [1.165, 1.54) is 38.5 Å². The Kier molecular flexibility index (Phi) is 13.0. The van der Waals surface area contributed by atoms with Gasteiger partial charge in [-0.1, -0.05) is 12.1 Å². The fourth-order valence-corrected chi connectivity index (χ4v) is 4.96. The van der Waals surface area contributed by atoms with Crippen LogP contribution in [0, 0.1) is 0 Å². The molecule has 0 saturated heterocycles. The van der Waals surface area contributed by atoms with Crippen LogP contribution >= 0.6 is 0 Å². The summed E-state index contributed by atoms with van der Waals surface area (Å²) in [6.07, 6.45) is 0. The van der Waals surface area contributed by atoms with Gasteiger partial charge in [0.25, 0.3) is 0 Å². The number of nitrogens with zero attached hydrogens (tertiary/aromatic N) is 4. The Hall–Kier alpha value is -2.50. The molecule has 42 heavy (non-hydrogen) atoms. The van der Waals surface area contributed by atoms with Gasteiger partial charge < -0.3 is 18.6 Å². The Bertz CT molecular complexity index is 1680. The zero-order valence-corrected chi connectivity index (χ0v) is 28.6. The predicted molar refractivity (Wildman–Crippen MR) is 142 cm³/mol. The largest absolute Gasteiger partial charge is 1.00 e. The van der Waals surface area contributed by atoms with Gasteiger partial charge in [0.15, 0.2) is 0 Å². The van der Waals surface area contributed by atoms with Gasteiger partial charge in [-0.3, -0.25) is 0 Å². The Morgan fingerprint density at radius 3 is 1.07 bits per heavy atom. The molecule has 16 heteroatoms. The second-order valence-electron chi connectivity index (χ2n) is 8.07. The summed E-state index contributed by atoms with van der Waals surface area (Å²) in [6.45, 7) is 0. The SMILES string of the molecule is COc1ccc(N=Nc2ccc(-c3ccc(N=Nc4ccc(OC)cc4)cc3S(=O)(=O)[O-])c(S(=O)(=O)[O-])c2)cc1.[Na+].[Na+]. The van der Waals surface area contributed by atoms with Crippen molar-refractivity contribution in [2.45, 2.75) is 9.79 Å². The van der Waals surface area contributed by atoms with Crippen molar-refractivity contribution >= 4 is 43.0 Å². The van der Waals surface area contributed by atoms with Crippen molar-refractivity contribution in [3.05, 3.63) is 84.9 Å². The number of methoxy groups -OCH3 is 2. The Morgan fingerprint density at radius 2 is 0.786 bits per heavy atom. The summed E-state index contributed by atoms with van der Waals surface area (Å²) in [4.78, 5) is -1.56. The summed E-state index contributed by atoms with van der Waals surface area (Å²) >= 11 is 0. The third-order valence-corrected chi connectivity index (χ3v) is 7.22. The normalized spacial score (nSPS) is 11.6. The predicted octanol–water partition coefficient (Wildman–Crippen LogP) is 0.0178. The number of rotatable bonds is 9. The maximum absolute atomic E-state index is 12.1. The summed E-state index contributed by atoms with van der Waals surface area (Å²) < 4.78 is 83.0. The molecule has 0 aliphatic rings. The zero-order chi connectivity index (χ0) is 28.9. The summed E-state index contributed by atoms with van der Waals surface area (Å²) in [5.41, 5.74) is 0.264. The van der Waals surface area contributed by atoms with Gasteiger partial charge >= 0.3 is 59.1 Å². The van der Waals surface area contributed by atoms with E-state index >= 15 is 0 Å². The average molecular weight is 627 g/mol. The Labute approximate surface area is 287 Å². The first-order valence-electron chi connectivity index (χ1n) is 11.3. The van der Waals surface area contributed by atoms with Crippen LogP contribution in [0.1, 0.15) is 0 Å². The summed E-state index contributed by atoms with van der Waals surface area (Å²) in [5.74, 6) is 1.20. The van der Waals surface area contributed by atoms with Crippen molar-refractivity contribution in [1.82, 2.24) is 0 Å². The molecule has 0 saturated carbocycles. The van der Waals surface area contributed by atoms with Gasteiger partial charge in [-0.05, 0) is 72.8 Å². The van der Waals surface area contributed by atoms with Gasteiger partial charge in [0.1, 0.15) is 31.7 Å². The van der Waals surface area contributed by atoms with Gasteiger partial charge in [0.05, 0.1) is 46.8 Å². The van der Waals surface area contributed by atoms with Crippen LogP contribution in [0.3, 0.4) is 0 Å². The van der Waals surface area contributed by atoms with E-state index in [1.807, 2.05) is 0 Å². The number of hydrogen-bond donors (Lipinski definition) is 0. The van der Waals surface area contributed by atoms with E-state index in [4.69, 9.17) is 9.47 Å². The van der Waals surface area contributed by atoms with Crippen molar-refractivity contribution in [3.8, 4) is 22.6 Å². The van der Waals surface area contributed by atoms with Crippen LogP contribution in [-0.2, 0) is 20.2 Å². The molecule has 12 nitrogen and oxygen atoms in total. The molecule has 0 bridgehead atoms. The quantitative estimate of drug-likeness (QED) is 0.142. The molecule has 0 amide bonds. The van der Waals surface area contributed by atoms with Crippen molar-refractivity contribution < 1.29 is 94.5 Å². The number of azo groups is 2. The molecule has 4 aromatic carbocycles. The maximum Gasteiger partial charge on any atom is 1.00 e. The van der Waals surface area contributed by atoms with E-state index in [0.29, 0.717) is 22.9 Å². The number of ether oxygens (including phenoxy) is 2. The van der Waals surface area contributed by atoms with Crippen LogP contribution in [0.5, 0.6) is 11.5 Å². The second kappa shape index (κ2) is 15.3. The molecule has 0 aromatic heterocycles. The first-order valence-corrected chi connectivity index (χ1v) is 14.1. The van der Waals surface area contributed by atoms with E-state index in [1.54, 1.807) is 48.5 Å². The van der Waals surface area contributed by atoms with Crippen molar-refractivity contribution in [1.29, 1.82) is 0 Å². The molecule has 0 aliphatic carbocycles. The van der Waals surface area contributed by atoms with Crippen molar-refractivity contribution in [2.24, 2.45) is 20.5 Å². The third-order valence-electron chi connectivity index (χ3n) is 5.47. The van der Waals surface area contributed by atoms with Gasteiger partial charge in [0.2, 0.25) is 0 Å². The molecule has 206 valence electrons. The van der Waals surface area contributed by atoms with Gasteiger partial charge in [0, 0.05) is 11.1 Å². The number of hydrogen-bond acceptors (Lipinski definition) is 12. The summed E-state index contributed by atoms with van der Waals surface area (Å²) in [7, 11) is -7.26. The minimum Gasteiger partial charge on any atom is -0.744 e. The first kappa shape index (κ1) is 35.7. The molecule has 0 unspecified atom stereocenters. The standard InChI is InChI=1S/C26H22N4O8S2.2Na/c1-37-21-9-3-17(4-10-21)27-29-19-7-13-23(25(15-19)39(31,32)33)24-14-8-20(16-26(24)40(34,35)36)30-28-18-5-11-22(38-2)12-6-18;;/h3-16H,1-2H3,(H,31,32,33)(H,34,35,36);;/q;2*+1/p-2. The topological polar surface area (TPSA) is 182 Å². The van der Waals surface area contributed by atoms with Crippen molar-refractivity contribution in [2.75, 3.05) is 14.2 Å². The molecular formula is C26H20N4Na2O8S2. The minimum atomic E-state index is -5.14. The minimum absolute atomic E-state index is 0.